The molecule has 1 heterocycles. The maximum absolute atomic E-state index is 5.41. The van der Waals surface area contributed by atoms with Crippen molar-refractivity contribution in [3.63, 3.8) is 0 Å². The van der Waals surface area contributed by atoms with Crippen molar-refractivity contribution in [1.29, 1.82) is 0 Å². The number of rotatable bonds is 5. The lowest BCUT2D eigenvalue weighted by atomic mass is 10.1. The molecular formula is C15H20N2O. The van der Waals surface area contributed by atoms with E-state index in [0.717, 1.165) is 29.6 Å². The van der Waals surface area contributed by atoms with Crippen LogP contribution in [-0.2, 0) is 4.74 Å². The molecule has 2 rings (SSSR count). The lowest BCUT2D eigenvalue weighted by Gasteiger charge is -2.23. The van der Waals surface area contributed by atoms with Gasteiger partial charge < -0.3 is 10.1 Å². The topological polar surface area (TPSA) is 34.1 Å². The molecule has 0 saturated heterocycles. The van der Waals surface area contributed by atoms with Crippen molar-refractivity contribution in [2.75, 3.05) is 19.0 Å². The number of ether oxygens (including phenoxy) is 1. The summed E-state index contributed by atoms with van der Waals surface area (Å²) in [4.78, 5) is 4.42. The van der Waals surface area contributed by atoms with Gasteiger partial charge in [0.25, 0.3) is 0 Å². The Morgan fingerprint density at radius 1 is 1.22 bits per heavy atom. The maximum Gasteiger partial charge on any atom is 0.0933 e. The van der Waals surface area contributed by atoms with Gasteiger partial charge in [0.15, 0.2) is 0 Å². The first-order valence-corrected chi connectivity index (χ1v) is 6.25. The van der Waals surface area contributed by atoms with Crippen LogP contribution in [0.1, 0.15) is 20.3 Å². The molecule has 0 aliphatic rings. The Hall–Kier alpha value is -1.61. The summed E-state index contributed by atoms with van der Waals surface area (Å²) in [5.74, 6) is 0. The Morgan fingerprint density at radius 2 is 2.00 bits per heavy atom. The molecule has 0 unspecified atom stereocenters. The second-order valence-corrected chi connectivity index (χ2v) is 5.02. The van der Waals surface area contributed by atoms with E-state index in [1.165, 1.54) is 0 Å². The van der Waals surface area contributed by atoms with E-state index in [2.05, 4.69) is 42.3 Å². The molecule has 96 valence electrons. The first-order valence-electron chi connectivity index (χ1n) is 6.25. The van der Waals surface area contributed by atoms with Gasteiger partial charge in [-0.15, -0.1) is 0 Å². The summed E-state index contributed by atoms with van der Waals surface area (Å²) in [5.41, 5.74) is 2.01. The number of benzene rings is 1. The van der Waals surface area contributed by atoms with E-state index in [4.69, 9.17) is 4.74 Å². The number of anilines is 1. The minimum absolute atomic E-state index is 0.0922. The zero-order valence-electron chi connectivity index (χ0n) is 11.2. The van der Waals surface area contributed by atoms with Crippen LogP contribution in [0.4, 0.5) is 5.69 Å². The first-order chi connectivity index (χ1) is 8.62. The zero-order valence-corrected chi connectivity index (χ0v) is 11.2. The third-order valence-corrected chi connectivity index (χ3v) is 3.23. The molecule has 0 aliphatic carbocycles. The SMILES string of the molecule is COC(C)(C)CCNc1cccc2cccnc12. The Bertz CT molecular complexity index is 517. The summed E-state index contributed by atoms with van der Waals surface area (Å²) in [6, 6.07) is 10.2. The average molecular weight is 244 g/mol. The smallest absolute Gasteiger partial charge is 0.0933 e. The average Bonchev–Trinajstić information content (AvgIpc) is 2.39. The fourth-order valence-corrected chi connectivity index (χ4v) is 1.85. The van der Waals surface area contributed by atoms with Crippen LogP contribution in [0.5, 0.6) is 0 Å². The van der Waals surface area contributed by atoms with Crippen molar-refractivity contribution < 1.29 is 4.74 Å². The molecule has 3 nitrogen and oxygen atoms in total. The summed E-state index contributed by atoms with van der Waals surface area (Å²) in [7, 11) is 1.75. The van der Waals surface area contributed by atoms with E-state index < -0.39 is 0 Å². The van der Waals surface area contributed by atoms with Crippen LogP contribution < -0.4 is 5.32 Å². The van der Waals surface area contributed by atoms with Gasteiger partial charge in [-0.3, -0.25) is 4.98 Å². The largest absolute Gasteiger partial charge is 0.383 e. The number of nitrogens with zero attached hydrogens (tertiary/aromatic N) is 1. The molecule has 0 aliphatic heterocycles. The van der Waals surface area contributed by atoms with Gasteiger partial charge >= 0.3 is 0 Å². The zero-order chi connectivity index (χ0) is 13.0. The molecule has 0 fully saturated rings. The Labute approximate surface area is 108 Å². The number of fused-ring (bicyclic) bond motifs is 1. The molecule has 0 spiro atoms. The van der Waals surface area contributed by atoms with Gasteiger partial charge in [-0.05, 0) is 32.4 Å². The lowest BCUT2D eigenvalue weighted by Crippen LogP contribution is -2.25. The van der Waals surface area contributed by atoms with Gasteiger partial charge in [0.05, 0.1) is 16.8 Å². The highest BCUT2D eigenvalue weighted by Crippen LogP contribution is 2.21. The number of nitrogens with one attached hydrogen (secondary N) is 1. The van der Waals surface area contributed by atoms with Crippen molar-refractivity contribution >= 4 is 16.6 Å². The van der Waals surface area contributed by atoms with Crippen LogP contribution in [0, 0.1) is 0 Å². The van der Waals surface area contributed by atoms with E-state index in [9.17, 15) is 0 Å². The standard InChI is InChI=1S/C15H20N2O/c1-15(2,18-3)9-11-16-13-8-4-6-12-7-5-10-17-14(12)13/h4-8,10,16H,9,11H2,1-3H3. The van der Waals surface area contributed by atoms with Gasteiger partial charge in [0.1, 0.15) is 0 Å². The molecule has 0 bridgehead atoms. The molecule has 0 saturated carbocycles. The van der Waals surface area contributed by atoms with Crippen molar-refractivity contribution in [3.8, 4) is 0 Å². The molecule has 1 N–H and O–H groups in total. The summed E-state index contributed by atoms with van der Waals surface area (Å²) in [6.45, 7) is 5.06. The van der Waals surface area contributed by atoms with E-state index in [1.54, 1.807) is 7.11 Å². The molecule has 0 amide bonds. The van der Waals surface area contributed by atoms with Crippen molar-refractivity contribution in [3.05, 3.63) is 36.5 Å². The van der Waals surface area contributed by atoms with Crippen molar-refractivity contribution in [1.82, 2.24) is 4.98 Å². The van der Waals surface area contributed by atoms with Crippen molar-refractivity contribution in [2.24, 2.45) is 0 Å². The quantitative estimate of drug-likeness (QED) is 0.874. The van der Waals surface area contributed by atoms with Gasteiger partial charge in [0.2, 0.25) is 0 Å². The van der Waals surface area contributed by atoms with Crippen molar-refractivity contribution in [2.45, 2.75) is 25.9 Å². The second kappa shape index (κ2) is 5.36. The number of hydrogen-bond acceptors (Lipinski definition) is 3. The van der Waals surface area contributed by atoms with Crippen LogP contribution in [0.3, 0.4) is 0 Å². The summed E-state index contributed by atoms with van der Waals surface area (Å²) < 4.78 is 5.41. The Balaban J connectivity index is 2.08. The molecule has 18 heavy (non-hydrogen) atoms. The third-order valence-electron chi connectivity index (χ3n) is 3.23. The molecule has 3 heteroatoms. The molecular weight excluding hydrogens is 224 g/mol. The Morgan fingerprint density at radius 3 is 2.78 bits per heavy atom. The summed E-state index contributed by atoms with van der Waals surface area (Å²) in [5, 5.41) is 4.60. The minimum Gasteiger partial charge on any atom is -0.383 e. The number of methoxy groups -OCH3 is 1. The second-order valence-electron chi connectivity index (χ2n) is 5.02. The first kappa shape index (κ1) is 12.8. The number of aromatic nitrogens is 1. The van der Waals surface area contributed by atoms with Gasteiger partial charge in [0, 0.05) is 25.2 Å². The van der Waals surface area contributed by atoms with E-state index in [1.807, 2.05) is 18.3 Å². The molecule has 2 aromatic rings. The summed E-state index contributed by atoms with van der Waals surface area (Å²) in [6.07, 6.45) is 2.78. The highest BCUT2D eigenvalue weighted by molar-refractivity contribution is 5.90. The van der Waals surface area contributed by atoms with Crippen LogP contribution in [-0.4, -0.2) is 24.2 Å². The van der Waals surface area contributed by atoms with Gasteiger partial charge in [-0.2, -0.15) is 0 Å². The normalized spacial score (nSPS) is 11.7. The van der Waals surface area contributed by atoms with Crippen LogP contribution in [0.25, 0.3) is 10.9 Å². The predicted octanol–water partition coefficient (Wildman–Crippen LogP) is 3.46. The van der Waals surface area contributed by atoms with E-state index in [0.29, 0.717) is 0 Å². The van der Waals surface area contributed by atoms with Crippen LogP contribution in [0.2, 0.25) is 0 Å². The van der Waals surface area contributed by atoms with E-state index >= 15 is 0 Å². The Kier molecular flexibility index (Phi) is 3.82. The van der Waals surface area contributed by atoms with Gasteiger partial charge in [-0.1, -0.05) is 18.2 Å². The monoisotopic (exact) mass is 244 g/mol. The van der Waals surface area contributed by atoms with Crippen LogP contribution >= 0.6 is 0 Å². The minimum atomic E-state index is -0.0922. The van der Waals surface area contributed by atoms with Gasteiger partial charge in [-0.25, -0.2) is 0 Å². The number of hydrogen-bond donors (Lipinski definition) is 1. The lowest BCUT2D eigenvalue weighted by molar-refractivity contribution is 0.0185. The molecule has 1 aromatic carbocycles. The fourth-order valence-electron chi connectivity index (χ4n) is 1.85. The summed E-state index contributed by atoms with van der Waals surface area (Å²) >= 11 is 0. The molecule has 0 radical (unpaired) electrons. The maximum atomic E-state index is 5.41. The highest BCUT2D eigenvalue weighted by Gasteiger charge is 2.15. The predicted molar refractivity (Wildman–Crippen MR) is 75.9 cm³/mol. The van der Waals surface area contributed by atoms with E-state index in [-0.39, 0.29) is 5.60 Å². The number of pyridine rings is 1. The molecule has 0 atom stereocenters. The van der Waals surface area contributed by atoms with Crippen LogP contribution in [0.15, 0.2) is 36.5 Å². The highest BCUT2D eigenvalue weighted by atomic mass is 16.5. The molecule has 1 aromatic heterocycles. The third kappa shape index (κ3) is 2.99. The fraction of sp³-hybridized carbons (Fsp3) is 0.400. The number of para-hydroxylation sites is 1.